The summed E-state index contributed by atoms with van der Waals surface area (Å²) < 4.78 is 4.20. The van der Waals surface area contributed by atoms with E-state index in [4.69, 9.17) is 0 Å². The van der Waals surface area contributed by atoms with Crippen LogP contribution in [0.4, 0.5) is 0 Å². The van der Waals surface area contributed by atoms with Crippen molar-refractivity contribution in [2.75, 3.05) is 13.1 Å². The predicted molar refractivity (Wildman–Crippen MR) is 95.4 cm³/mol. The summed E-state index contributed by atoms with van der Waals surface area (Å²) in [4.78, 5) is 23.7. The van der Waals surface area contributed by atoms with Crippen LogP contribution >= 0.6 is 0 Å². The first-order valence-corrected chi connectivity index (χ1v) is 8.96. The largest absolute Gasteiger partial charge is 0.340 e. The van der Waals surface area contributed by atoms with Crippen molar-refractivity contribution in [3.63, 3.8) is 0 Å². The normalized spacial score (nSPS) is 18.0. The number of hydrogen-bond donors (Lipinski definition) is 0. The molecule has 0 aromatic carbocycles. The van der Waals surface area contributed by atoms with Crippen LogP contribution in [0, 0.1) is 0 Å². The third-order valence-electron chi connectivity index (χ3n) is 4.95. The van der Waals surface area contributed by atoms with Gasteiger partial charge in [0.2, 0.25) is 5.91 Å². The van der Waals surface area contributed by atoms with Crippen LogP contribution in [0.2, 0.25) is 0 Å². The average Bonchev–Trinajstić information content (AvgIpc) is 3.27. The monoisotopic (exact) mass is 337 g/mol. The van der Waals surface area contributed by atoms with Crippen LogP contribution in [-0.2, 0) is 17.6 Å². The third-order valence-corrected chi connectivity index (χ3v) is 4.95. The summed E-state index contributed by atoms with van der Waals surface area (Å²) in [6.07, 6.45) is 11.2. The lowest BCUT2D eigenvalue weighted by molar-refractivity contribution is -0.132. The minimum Gasteiger partial charge on any atom is -0.340 e. The van der Waals surface area contributed by atoms with Gasteiger partial charge in [-0.05, 0) is 25.0 Å². The summed E-state index contributed by atoms with van der Waals surface area (Å²) >= 11 is 0. The van der Waals surface area contributed by atoms with Crippen LogP contribution in [-0.4, -0.2) is 42.8 Å². The number of likely N-dealkylation sites (tertiary alicyclic amines) is 1. The Kier molecular flexibility index (Phi) is 4.26. The number of piperidine rings is 1. The topological polar surface area (TPSA) is 55.4 Å². The molecule has 1 aliphatic rings. The van der Waals surface area contributed by atoms with Crippen molar-refractivity contribution in [2.45, 2.75) is 38.6 Å². The van der Waals surface area contributed by atoms with Gasteiger partial charge in [-0.25, -0.2) is 9.97 Å². The fourth-order valence-electron chi connectivity index (χ4n) is 3.70. The number of aryl methyl sites for hydroxylation is 1. The Morgan fingerprint density at radius 1 is 1.32 bits per heavy atom. The molecule has 1 saturated heterocycles. The molecule has 3 aromatic rings. The van der Waals surface area contributed by atoms with E-state index in [9.17, 15) is 4.79 Å². The summed E-state index contributed by atoms with van der Waals surface area (Å²) in [5.41, 5.74) is 1.71. The summed E-state index contributed by atoms with van der Waals surface area (Å²) in [6.45, 7) is 3.71. The zero-order chi connectivity index (χ0) is 17.2. The van der Waals surface area contributed by atoms with Crippen molar-refractivity contribution in [3.8, 4) is 0 Å². The molecule has 6 heteroatoms. The molecule has 0 aliphatic carbocycles. The first-order valence-electron chi connectivity index (χ1n) is 8.96. The Bertz CT molecular complexity index is 848. The zero-order valence-corrected chi connectivity index (χ0v) is 14.5. The maximum atomic E-state index is 12.8. The molecule has 25 heavy (non-hydrogen) atoms. The number of imidazole rings is 2. The van der Waals surface area contributed by atoms with Crippen molar-refractivity contribution >= 4 is 11.6 Å². The van der Waals surface area contributed by atoms with E-state index in [0.717, 1.165) is 49.5 Å². The first-order chi connectivity index (χ1) is 12.2. The Labute approximate surface area is 147 Å². The van der Waals surface area contributed by atoms with E-state index in [2.05, 4.69) is 21.5 Å². The zero-order valence-electron chi connectivity index (χ0n) is 14.5. The molecule has 0 unspecified atom stereocenters. The van der Waals surface area contributed by atoms with Crippen LogP contribution in [0.3, 0.4) is 0 Å². The smallest absolute Gasteiger partial charge is 0.228 e. The van der Waals surface area contributed by atoms with Crippen LogP contribution in [0.15, 0.2) is 43.0 Å². The van der Waals surface area contributed by atoms with Crippen LogP contribution in [0.5, 0.6) is 0 Å². The van der Waals surface area contributed by atoms with Crippen LogP contribution in [0.1, 0.15) is 37.3 Å². The molecule has 1 amide bonds. The first kappa shape index (κ1) is 15.9. The molecular weight excluding hydrogens is 314 g/mol. The number of amides is 1. The van der Waals surface area contributed by atoms with Crippen molar-refractivity contribution in [1.29, 1.82) is 0 Å². The Balaban J connectivity index is 1.46. The molecule has 1 atom stereocenters. The summed E-state index contributed by atoms with van der Waals surface area (Å²) in [6, 6.07) is 6.21. The number of aromatic nitrogens is 4. The molecular formula is C19H23N5O. The SMILES string of the molecule is CCc1nccn1[C@H]1CCCN(C(=O)Cc2cn3ccccc3n2)C1. The fraction of sp³-hybridized carbons (Fsp3) is 0.421. The van der Waals surface area contributed by atoms with Crippen molar-refractivity contribution in [3.05, 3.63) is 54.5 Å². The molecule has 1 fully saturated rings. The van der Waals surface area contributed by atoms with Gasteiger partial charge in [0.05, 0.1) is 18.2 Å². The van der Waals surface area contributed by atoms with E-state index in [1.54, 1.807) is 0 Å². The second kappa shape index (κ2) is 6.70. The summed E-state index contributed by atoms with van der Waals surface area (Å²) in [5.74, 6) is 1.26. The van der Waals surface area contributed by atoms with E-state index >= 15 is 0 Å². The number of carbonyl (C=O) groups is 1. The molecule has 4 rings (SSSR count). The number of rotatable bonds is 4. The van der Waals surface area contributed by atoms with Gasteiger partial charge >= 0.3 is 0 Å². The highest BCUT2D eigenvalue weighted by atomic mass is 16.2. The van der Waals surface area contributed by atoms with Gasteiger partial charge < -0.3 is 13.9 Å². The molecule has 0 bridgehead atoms. The van der Waals surface area contributed by atoms with E-state index in [1.807, 2.05) is 52.3 Å². The molecule has 6 nitrogen and oxygen atoms in total. The van der Waals surface area contributed by atoms with Gasteiger partial charge in [0, 0.05) is 44.3 Å². The van der Waals surface area contributed by atoms with E-state index in [1.165, 1.54) is 0 Å². The number of hydrogen-bond acceptors (Lipinski definition) is 3. The molecule has 130 valence electrons. The van der Waals surface area contributed by atoms with Gasteiger partial charge in [0.25, 0.3) is 0 Å². The standard InChI is InChI=1S/C19H23N5O/c1-2-17-20-8-11-24(17)16-6-5-10-23(14-16)19(25)12-15-13-22-9-4-3-7-18(22)21-15/h3-4,7-9,11,13,16H,2,5-6,10,12,14H2,1H3/t16-/m0/s1. The highest BCUT2D eigenvalue weighted by molar-refractivity contribution is 5.78. The second-order valence-electron chi connectivity index (χ2n) is 6.62. The molecule has 1 aliphatic heterocycles. The van der Waals surface area contributed by atoms with Gasteiger partial charge in [-0.3, -0.25) is 4.79 Å². The minimum absolute atomic E-state index is 0.159. The number of pyridine rings is 1. The van der Waals surface area contributed by atoms with Crippen molar-refractivity contribution in [2.24, 2.45) is 0 Å². The maximum Gasteiger partial charge on any atom is 0.228 e. The second-order valence-corrected chi connectivity index (χ2v) is 6.62. The van der Waals surface area contributed by atoms with E-state index in [-0.39, 0.29) is 5.91 Å². The van der Waals surface area contributed by atoms with Crippen molar-refractivity contribution in [1.82, 2.24) is 23.8 Å². The lowest BCUT2D eigenvalue weighted by atomic mass is 10.0. The van der Waals surface area contributed by atoms with E-state index < -0.39 is 0 Å². The molecule has 0 saturated carbocycles. The van der Waals surface area contributed by atoms with Crippen LogP contribution in [0.25, 0.3) is 5.65 Å². The van der Waals surface area contributed by atoms with Crippen LogP contribution < -0.4 is 0 Å². The summed E-state index contributed by atoms with van der Waals surface area (Å²) in [7, 11) is 0. The number of carbonyl (C=O) groups excluding carboxylic acids is 1. The van der Waals surface area contributed by atoms with Gasteiger partial charge in [-0.2, -0.15) is 0 Å². The van der Waals surface area contributed by atoms with Crippen molar-refractivity contribution < 1.29 is 4.79 Å². The third kappa shape index (κ3) is 3.16. The lowest BCUT2D eigenvalue weighted by Gasteiger charge is -2.34. The number of nitrogens with zero attached hydrogens (tertiary/aromatic N) is 5. The summed E-state index contributed by atoms with van der Waals surface area (Å²) in [5, 5.41) is 0. The van der Waals surface area contributed by atoms with Gasteiger partial charge in [0.1, 0.15) is 11.5 Å². The minimum atomic E-state index is 0.159. The molecule has 0 spiro atoms. The molecule has 3 aromatic heterocycles. The molecule has 0 radical (unpaired) electrons. The fourth-order valence-corrected chi connectivity index (χ4v) is 3.70. The lowest BCUT2D eigenvalue weighted by Crippen LogP contribution is -2.41. The predicted octanol–water partition coefficient (Wildman–Crippen LogP) is 2.50. The van der Waals surface area contributed by atoms with Gasteiger partial charge in [-0.15, -0.1) is 0 Å². The Hall–Kier alpha value is -2.63. The van der Waals surface area contributed by atoms with Gasteiger partial charge in [0.15, 0.2) is 0 Å². The Morgan fingerprint density at radius 2 is 2.24 bits per heavy atom. The highest BCUT2D eigenvalue weighted by Crippen LogP contribution is 2.23. The molecule has 0 N–H and O–H groups in total. The quantitative estimate of drug-likeness (QED) is 0.735. The van der Waals surface area contributed by atoms with Gasteiger partial charge in [-0.1, -0.05) is 13.0 Å². The van der Waals surface area contributed by atoms with E-state index in [0.29, 0.717) is 12.5 Å². The highest BCUT2D eigenvalue weighted by Gasteiger charge is 2.26. The molecule has 4 heterocycles. The Morgan fingerprint density at radius 3 is 3.08 bits per heavy atom. The number of fused-ring (bicyclic) bond motifs is 1. The maximum absolute atomic E-state index is 12.8. The average molecular weight is 337 g/mol.